The summed E-state index contributed by atoms with van der Waals surface area (Å²) in [6, 6.07) is 3.33. The highest BCUT2D eigenvalue weighted by atomic mass is 19.4. The smallest absolute Gasteiger partial charge is 0.416 e. The first-order chi connectivity index (χ1) is 16.1. The monoisotopic (exact) mass is 482 g/mol. The summed E-state index contributed by atoms with van der Waals surface area (Å²) < 4.78 is 49.8. The number of methoxy groups -OCH3 is 1. The number of Topliss-reactive ketones (excluding diaryl/α,β-unsaturated/α-hetero) is 1. The highest BCUT2D eigenvalue weighted by molar-refractivity contribution is 6.08. The predicted molar refractivity (Wildman–Crippen MR) is 123 cm³/mol. The molecule has 0 saturated carbocycles. The Morgan fingerprint density at radius 1 is 1.21 bits per heavy atom. The molecule has 0 aromatic heterocycles. The molecule has 0 bridgehead atoms. The van der Waals surface area contributed by atoms with Crippen molar-refractivity contribution in [1.82, 2.24) is 4.90 Å². The van der Waals surface area contributed by atoms with E-state index in [0.717, 1.165) is 38.2 Å². The number of esters is 1. The van der Waals surface area contributed by atoms with E-state index in [1.807, 2.05) is 0 Å². The van der Waals surface area contributed by atoms with Crippen molar-refractivity contribution in [3.63, 3.8) is 0 Å². The number of benzene rings is 1. The summed E-state index contributed by atoms with van der Waals surface area (Å²) in [7, 11) is 1.41. The molecule has 188 valence electrons. The van der Waals surface area contributed by atoms with Gasteiger partial charge < -0.3 is 19.7 Å². The number of likely N-dealkylation sites (tertiary alicyclic amines) is 1. The fourth-order valence-electron chi connectivity index (χ4n) is 4.75. The van der Waals surface area contributed by atoms with E-state index >= 15 is 0 Å². The standard InChI is InChI=1S/C25H33F3N2O4/c1-4-30-14-11-24(12-15-30)22(17(2)23(32)34-24)20(31)8-6-5-7-13-29-19-16-18(25(26,27)28)9-10-21(19)33-3/h9-10,16,29H,4-8,11-15H2,1-3H3. The first-order valence-electron chi connectivity index (χ1n) is 11.8. The van der Waals surface area contributed by atoms with Gasteiger partial charge in [0.15, 0.2) is 5.78 Å². The minimum atomic E-state index is -4.42. The molecular formula is C25H33F3N2O4. The number of alkyl halides is 3. The minimum Gasteiger partial charge on any atom is -0.495 e. The number of carbonyl (C=O) groups excluding carboxylic acids is 2. The Balaban J connectivity index is 1.50. The van der Waals surface area contributed by atoms with Crippen LogP contribution >= 0.6 is 0 Å². The van der Waals surface area contributed by atoms with Crippen molar-refractivity contribution in [3.05, 3.63) is 34.9 Å². The van der Waals surface area contributed by atoms with Crippen molar-refractivity contribution >= 4 is 17.4 Å². The number of carbonyl (C=O) groups is 2. The SMILES string of the molecule is CCN1CCC2(CC1)OC(=O)C(C)=C2C(=O)CCCCCNc1cc(C(F)(F)F)ccc1OC. The second-order valence-corrected chi connectivity index (χ2v) is 8.89. The van der Waals surface area contributed by atoms with Crippen LogP contribution in [-0.2, 0) is 20.5 Å². The number of halogens is 3. The number of hydrogen-bond donors (Lipinski definition) is 1. The Morgan fingerprint density at radius 3 is 2.53 bits per heavy atom. The molecule has 6 nitrogen and oxygen atoms in total. The Hall–Kier alpha value is -2.55. The lowest BCUT2D eigenvalue weighted by molar-refractivity contribution is -0.150. The molecule has 0 radical (unpaired) electrons. The molecule has 0 aliphatic carbocycles. The maximum absolute atomic E-state index is 13.1. The summed E-state index contributed by atoms with van der Waals surface area (Å²) in [5.74, 6) is -0.0933. The molecule has 1 fully saturated rings. The van der Waals surface area contributed by atoms with Crippen molar-refractivity contribution in [2.45, 2.75) is 64.1 Å². The topological polar surface area (TPSA) is 67.9 Å². The number of ether oxygens (including phenoxy) is 2. The zero-order chi connectivity index (χ0) is 24.9. The minimum absolute atomic E-state index is 0.0409. The lowest BCUT2D eigenvalue weighted by atomic mass is 9.80. The number of hydrogen-bond acceptors (Lipinski definition) is 6. The molecule has 0 unspecified atom stereocenters. The van der Waals surface area contributed by atoms with Crippen LogP contribution in [0.2, 0.25) is 0 Å². The van der Waals surface area contributed by atoms with Crippen molar-refractivity contribution in [3.8, 4) is 5.75 Å². The van der Waals surface area contributed by atoms with Gasteiger partial charge in [-0.15, -0.1) is 0 Å². The number of ketones is 1. The van der Waals surface area contributed by atoms with Gasteiger partial charge in [0.2, 0.25) is 0 Å². The largest absolute Gasteiger partial charge is 0.495 e. The molecule has 1 N–H and O–H groups in total. The summed E-state index contributed by atoms with van der Waals surface area (Å²) in [6.45, 7) is 6.71. The third kappa shape index (κ3) is 5.74. The zero-order valence-corrected chi connectivity index (χ0v) is 20.0. The quantitative estimate of drug-likeness (QED) is 0.375. The lowest BCUT2D eigenvalue weighted by Crippen LogP contribution is -2.47. The van der Waals surface area contributed by atoms with Gasteiger partial charge in [-0.25, -0.2) is 4.79 Å². The van der Waals surface area contributed by atoms with E-state index < -0.39 is 23.3 Å². The maximum Gasteiger partial charge on any atom is 0.416 e. The number of nitrogens with one attached hydrogen (secondary N) is 1. The van der Waals surface area contributed by atoms with E-state index in [1.54, 1.807) is 6.92 Å². The lowest BCUT2D eigenvalue weighted by Gasteiger charge is -2.39. The van der Waals surface area contributed by atoms with Crippen LogP contribution in [0, 0.1) is 0 Å². The molecule has 3 rings (SSSR count). The van der Waals surface area contributed by atoms with Gasteiger partial charge in [-0.1, -0.05) is 13.3 Å². The van der Waals surface area contributed by atoms with Crippen LogP contribution in [0.15, 0.2) is 29.3 Å². The molecule has 1 aromatic rings. The van der Waals surface area contributed by atoms with E-state index in [4.69, 9.17) is 9.47 Å². The highest BCUT2D eigenvalue weighted by Gasteiger charge is 2.50. The molecular weight excluding hydrogens is 449 g/mol. The van der Waals surface area contributed by atoms with Crippen LogP contribution in [-0.4, -0.2) is 55.5 Å². The van der Waals surface area contributed by atoms with E-state index in [1.165, 1.54) is 13.2 Å². The van der Waals surface area contributed by atoms with E-state index in [2.05, 4.69) is 17.1 Å². The van der Waals surface area contributed by atoms with Gasteiger partial charge in [0.1, 0.15) is 11.4 Å². The summed E-state index contributed by atoms with van der Waals surface area (Å²) in [6.07, 6.45) is -0.820. The molecule has 0 atom stereocenters. The molecule has 0 amide bonds. The molecule has 2 heterocycles. The van der Waals surface area contributed by atoms with Gasteiger partial charge in [-0.05, 0) is 44.5 Å². The highest BCUT2D eigenvalue weighted by Crippen LogP contribution is 2.42. The average Bonchev–Trinajstić information content (AvgIpc) is 3.04. The summed E-state index contributed by atoms with van der Waals surface area (Å²) >= 11 is 0. The van der Waals surface area contributed by atoms with E-state index in [0.29, 0.717) is 55.5 Å². The number of nitrogens with zero attached hydrogens (tertiary/aromatic N) is 1. The van der Waals surface area contributed by atoms with Gasteiger partial charge in [-0.3, -0.25) is 4.79 Å². The maximum atomic E-state index is 13.1. The Kier molecular flexibility index (Phi) is 8.28. The van der Waals surface area contributed by atoms with Crippen LogP contribution in [0.1, 0.15) is 57.9 Å². The van der Waals surface area contributed by atoms with Crippen LogP contribution in [0.3, 0.4) is 0 Å². The fraction of sp³-hybridized carbons (Fsp3) is 0.600. The normalized spacial score (nSPS) is 18.4. The second-order valence-electron chi connectivity index (χ2n) is 8.89. The molecule has 1 aromatic carbocycles. The van der Waals surface area contributed by atoms with Crippen LogP contribution < -0.4 is 10.1 Å². The number of piperidine rings is 1. The van der Waals surface area contributed by atoms with E-state index in [-0.39, 0.29) is 11.5 Å². The van der Waals surface area contributed by atoms with Gasteiger partial charge in [0, 0.05) is 50.0 Å². The first-order valence-corrected chi connectivity index (χ1v) is 11.8. The Labute approximate surface area is 198 Å². The molecule has 1 saturated heterocycles. The Bertz CT molecular complexity index is 935. The molecule has 9 heteroatoms. The third-order valence-corrected chi connectivity index (χ3v) is 6.74. The Morgan fingerprint density at radius 2 is 1.91 bits per heavy atom. The zero-order valence-electron chi connectivity index (χ0n) is 20.0. The second kappa shape index (κ2) is 10.8. The molecule has 34 heavy (non-hydrogen) atoms. The van der Waals surface area contributed by atoms with Gasteiger partial charge in [0.05, 0.1) is 18.4 Å². The number of anilines is 1. The van der Waals surface area contributed by atoms with Crippen LogP contribution in [0.25, 0.3) is 0 Å². The van der Waals surface area contributed by atoms with Gasteiger partial charge in [-0.2, -0.15) is 13.2 Å². The van der Waals surface area contributed by atoms with Crippen LogP contribution in [0.5, 0.6) is 5.75 Å². The average molecular weight is 483 g/mol. The van der Waals surface area contributed by atoms with Crippen molar-refractivity contribution in [1.29, 1.82) is 0 Å². The van der Waals surface area contributed by atoms with Gasteiger partial charge in [0.25, 0.3) is 0 Å². The molecule has 1 spiro atoms. The van der Waals surface area contributed by atoms with Gasteiger partial charge >= 0.3 is 12.1 Å². The van der Waals surface area contributed by atoms with Crippen molar-refractivity contribution in [2.24, 2.45) is 0 Å². The summed E-state index contributed by atoms with van der Waals surface area (Å²) in [5, 5.41) is 3.00. The third-order valence-electron chi connectivity index (χ3n) is 6.74. The fourth-order valence-corrected chi connectivity index (χ4v) is 4.75. The number of rotatable bonds is 10. The first kappa shape index (κ1) is 26.1. The summed E-state index contributed by atoms with van der Waals surface area (Å²) in [5.41, 5.74) is -0.271. The molecule has 2 aliphatic heterocycles. The van der Waals surface area contributed by atoms with Crippen molar-refractivity contribution in [2.75, 3.05) is 38.6 Å². The summed E-state index contributed by atoms with van der Waals surface area (Å²) in [4.78, 5) is 27.6. The number of unbranched alkanes of at least 4 members (excludes halogenated alkanes) is 2. The predicted octanol–water partition coefficient (Wildman–Crippen LogP) is 4.98. The van der Waals surface area contributed by atoms with Crippen LogP contribution in [0.4, 0.5) is 18.9 Å². The molecule has 2 aliphatic rings. The van der Waals surface area contributed by atoms with E-state index in [9.17, 15) is 22.8 Å². The van der Waals surface area contributed by atoms with Crippen molar-refractivity contribution < 1.29 is 32.2 Å².